The molecular formula is C17H22N2O2. The second-order valence-electron chi connectivity index (χ2n) is 5.43. The number of nitrogens with zero attached hydrogens (tertiary/aromatic N) is 1. The Balaban J connectivity index is 1.91. The molecule has 1 aliphatic heterocycles. The first kappa shape index (κ1) is 14.3. The normalized spacial score (nSPS) is 19.8. The van der Waals surface area contributed by atoms with Gasteiger partial charge in [-0.25, -0.2) is 0 Å². The molecule has 4 nitrogen and oxygen atoms in total. The molecule has 0 aromatic heterocycles. The van der Waals surface area contributed by atoms with Crippen LogP contribution in [-0.4, -0.2) is 44.4 Å². The summed E-state index contributed by atoms with van der Waals surface area (Å²) in [5, 5.41) is 2.50. The summed E-state index contributed by atoms with van der Waals surface area (Å²) in [6.45, 7) is 3.99. The average molecular weight is 286 g/mol. The highest BCUT2D eigenvalue weighted by atomic mass is 16.5. The molecule has 1 aliphatic rings. The molecule has 2 aromatic carbocycles. The van der Waals surface area contributed by atoms with Gasteiger partial charge in [0.1, 0.15) is 5.75 Å². The topological polar surface area (TPSA) is 47.7 Å². The van der Waals surface area contributed by atoms with E-state index in [1.165, 1.54) is 16.3 Å². The number of hydrogen-bond donors (Lipinski definition) is 1. The predicted molar refractivity (Wildman–Crippen MR) is 84.6 cm³/mol. The van der Waals surface area contributed by atoms with Crippen LogP contribution in [0.2, 0.25) is 0 Å². The Morgan fingerprint density at radius 2 is 2.14 bits per heavy atom. The fraction of sp³-hybridized carbons (Fsp3) is 0.412. The number of nitrogens with two attached hydrogens (primary N) is 1. The van der Waals surface area contributed by atoms with Gasteiger partial charge in [-0.1, -0.05) is 30.3 Å². The molecule has 0 aliphatic carbocycles. The lowest BCUT2D eigenvalue weighted by atomic mass is 10.0. The number of morpholine rings is 1. The van der Waals surface area contributed by atoms with Crippen molar-refractivity contribution in [3.63, 3.8) is 0 Å². The maximum atomic E-state index is 5.73. The number of methoxy groups -OCH3 is 1. The van der Waals surface area contributed by atoms with Gasteiger partial charge in [-0.2, -0.15) is 0 Å². The van der Waals surface area contributed by atoms with Crippen molar-refractivity contribution in [3.05, 3.63) is 42.0 Å². The van der Waals surface area contributed by atoms with Crippen LogP contribution < -0.4 is 10.5 Å². The third-order valence-electron chi connectivity index (χ3n) is 4.09. The number of hydrogen-bond acceptors (Lipinski definition) is 4. The van der Waals surface area contributed by atoms with Crippen LogP contribution in [-0.2, 0) is 11.3 Å². The maximum absolute atomic E-state index is 5.73. The summed E-state index contributed by atoms with van der Waals surface area (Å²) in [4.78, 5) is 2.39. The maximum Gasteiger partial charge on any atom is 0.123 e. The molecule has 1 heterocycles. The molecular weight excluding hydrogens is 264 g/mol. The minimum Gasteiger partial charge on any atom is -0.496 e. The second kappa shape index (κ2) is 6.43. The summed E-state index contributed by atoms with van der Waals surface area (Å²) in [6.07, 6.45) is 0.139. The molecule has 21 heavy (non-hydrogen) atoms. The Hall–Kier alpha value is -1.62. The molecule has 1 fully saturated rings. The number of benzene rings is 2. The zero-order valence-electron chi connectivity index (χ0n) is 12.4. The highest BCUT2D eigenvalue weighted by Gasteiger charge is 2.21. The third-order valence-corrected chi connectivity index (χ3v) is 4.09. The van der Waals surface area contributed by atoms with Crippen LogP contribution in [0.5, 0.6) is 5.75 Å². The standard InChI is InChI=1S/C17H22N2O2/c1-20-17-7-6-13-4-2-3-5-15(13)16(17)12-19-8-9-21-14(10-18)11-19/h2-7,14H,8-12,18H2,1H3. The lowest BCUT2D eigenvalue weighted by molar-refractivity contribution is -0.0260. The van der Waals surface area contributed by atoms with Gasteiger partial charge in [0.05, 0.1) is 19.8 Å². The van der Waals surface area contributed by atoms with Crippen molar-refractivity contribution in [1.29, 1.82) is 0 Å². The van der Waals surface area contributed by atoms with Crippen LogP contribution in [0, 0.1) is 0 Å². The number of fused-ring (bicyclic) bond motifs is 1. The molecule has 0 saturated carbocycles. The van der Waals surface area contributed by atoms with Gasteiger partial charge in [-0.05, 0) is 16.8 Å². The van der Waals surface area contributed by atoms with E-state index in [0.717, 1.165) is 32.0 Å². The van der Waals surface area contributed by atoms with Crippen LogP contribution >= 0.6 is 0 Å². The molecule has 112 valence electrons. The number of ether oxygens (including phenoxy) is 2. The first-order valence-corrected chi connectivity index (χ1v) is 7.40. The molecule has 0 bridgehead atoms. The van der Waals surface area contributed by atoms with Gasteiger partial charge in [0.25, 0.3) is 0 Å². The highest BCUT2D eigenvalue weighted by Crippen LogP contribution is 2.29. The summed E-state index contributed by atoms with van der Waals surface area (Å²) in [5.41, 5.74) is 6.97. The van der Waals surface area contributed by atoms with Crippen molar-refractivity contribution >= 4 is 10.8 Å². The van der Waals surface area contributed by atoms with Crippen molar-refractivity contribution in [2.24, 2.45) is 5.73 Å². The van der Waals surface area contributed by atoms with E-state index in [-0.39, 0.29) is 6.10 Å². The second-order valence-corrected chi connectivity index (χ2v) is 5.43. The summed E-state index contributed by atoms with van der Waals surface area (Å²) in [6, 6.07) is 12.6. The largest absolute Gasteiger partial charge is 0.496 e. The van der Waals surface area contributed by atoms with Gasteiger partial charge < -0.3 is 15.2 Å². The van der Waals surface area contributed by atoms with E-state index < -0.39 is 0 Å². The predicted octanol–water partition coefficient (Wildman–Crippen LogP) is 2.01. The van der Waals surface area contributed by atoms with Crippen LogP contribution in [0.4, 0.5) is 0 Å². The number of rotatable bonds is 4. The molecule has 3 rings (SSSR count). The highest BCUT2D eigenvalue weighted by molar-refractivity contribution is 5.87. The van der Waals surface area contributed by atoms with Gasteiger partial charge in [-0.15, -0.1) is 0 Å². The average Bonchev–Trinajstić information content (AvgIpc) is 2.55. The van der Waals surface area contributed by atoms with E-state index in [1.807, 2.05) is 0 Å². The Bertz CT molecular complexity index is 615. The summed E-state index contributed by atoms with van der Waals surface area (Å²) < 4.78 is 11.2. The molecule has 2 N–H and O–H groups in total. The van der Waals surface area contributed by atoms with Crippen molar-refractivity contribution < 1.29 is 9.47 Å². The zero-order chi connectivity index (χ0) is 14.7. The van der Waals surface area contributed by atoms with Gasteiger partial charge in [0, 0.05) is 31.7 Å². The fourth-order valence-corrected chi connectivity index (χ4v) is 2.96. The first-order chi connectivity index (χ1) is 10.3. The lowest BCUT2D eigenvalue weighted by Gasteiger charge is -2.32. The van der Waals surface area contributed by atoms with Gasteiger partial charge >= 0.3 is 0 Å². The van der Waals surface area contributed by atoms with E-state index >= 15 is 0 Å². The van der Waals surface area contributed by atoms with Gasteiger partial charge in [0.15, 0.2) is 0 Å². The monoisotopic (exact) mass is 286 g/mol. The smallest absolute Gasteiger partial charge is 0.123 e. The van der Waals surface area contributed by atoms with Crippen LogP contribution in [0.3, 0.4) is 0 Å². The van der Waals surface area contributed by atoms with E-state index in [4.69, 9.17) is 15.2 Å². The molecule has 1 saturated heterocycles. The van der Waals surface area contributed by atoms with Gasteiger partial charge in [-0.3, -0.25) is 4.90 Å². The third kappa shape index (κ3) is 3.02. The van der Waals surface area contributed by atoms with Crippen molar-refractivity contribution in [2.45, 2.75) is 12.6 Å². The van der Waals surface area contributed by atoms with E-state index in [2.05, 4.69) is 41.3 Å². The van der Waals surface area contributed by atoms with E-state index in [9.17, 15) is 0 Å². The summed E-state index contributed by atoms with van der Waals surface area (Å²) in [7, 11) is 1.73. The fourth-order valence-electron chi connectivity index (χ4n) is 2.96. The molecule has 4 heteroatoms. The minimum absolute atomic E-state index is 0.139. The Kier molecular flexibility index (Phi) is 4.39. The van der Waals surface area contributed by atoms with E-state index in [0.29, 0.717) is 6.54 Å². The van der Waals surface area contributed by atoms with Gasteiger partial charge in [0.2, 0.25) is 0 Å². The first-order valence-electron chi connectivity index (χ1n) is 7.40. The molecule has 0 spiro atoms. The molecule has 1 atom stereocenters. The van der Waals surface area contributed by atoms with Crippen molar-refractivity contribution in [3.8, 4) is 5.75 Å². The molecule has 1 unspecified atom stereocenters. The lowest BCUT2D eigenvalue weighted by Crippen LogP contribution is -2.45. The molecule has 2 aromatic rings. The zero-order valence-corrected chi connectivity index (χ0v) is 12.4. The van der Waals surface area contributed by atoms with Crippen molar-refractivity contribution in [2.75, 3.05) is 33.4 Å². The molecule has 0 amide bonds. The van der Waals surface area contributed by atoms with E-state index in [1.54, 1.807) is 7.11 Å². The van der Waals surface area contributed by atoms with Crippen LogP contribution in [0.15, 0.2) is 36.4 Å². The quantitative estimate of drug-likeness (QED) is 0.934. The summed E-state index contributed by atoms with van der Waals surface area (Å²) in [5.74, 6) is 0.949. The SMILES string of the molecule is COc1ccc2ccccc2c1CN1CCOC(CN)C1. The Morgan fingerprint density at radius 1 is 1.29 bits per heavy atom. The molecule has 0 radical (unpaired) electrons. The van der Waals surface area contributed by atoms with Crippen molar-refractivity contribution in [1.82, 2.24) is 4.90 Å². The Labute approximate surface area is 125 Å². The summed E-state index contributed by atoms with van der Waals surface area (Å²) >= 11 is 0. The van der Waals surface area contributed by atoms with Crippen LogP contribution in [0.1, 0.15) is 5.56 Å². The Morgan fingerprint density at radius 3 is 2.95 bits per heavy atom. The van der Waals surface area contributed by atoms with Crippen LogP contribution in [0.25, 0.3) is 10.8 Å². The minimum atomic E-state index is 0.139.